The maximum absolute atomic E-state index is 12.8. The SMILES string of the molecule is CC(C)(C)C(NC(=O)c1cscn1)C(F)(F)F. The number of amides is 1. The fourth-order valence-corrected chi connectivity index (χ4v) is 1.85. The summed E-state index contributed by atoms with van der Waals surface area (Å²) in [6.07, 6.45) is -4.48. The predicted octanol–water partition coefficient (Wildman–Crippen LogP) is 2.85. The molecule has 0 aliphatic rings. The van der Waals surface area contributed by atoms with Crippen LogP contribution >= 0.6 is 11.3 Å². The van der Waals surface area contributed by atoms with Gasteiger partial charge < -0.3 is 5.32 Å². The number of thiazole rings is 1. The predicted molar refractivity (Wildman–Crippen MR) is 58.9 cm³/mol. The van der Waals surface area contributed by atoms with E-state index in [1.165, 1.54) is 31.7 Å². The molecule has 1 N–H and O–H groups in total. The van der Waals surface area contributed by atoms with Crippen molar-refractivity contribution in [1.82, 2.24) is 10.3 Å². The summed E-state index contributed by atoms with van der Waals surface area (Å²) in [5.74, 6) is -0.802. The van der Waals surface area contributed by atoms with E-state index in [4.69, 9.17) is 0 Å². The first-order chi connectivity index (χ1) is 7.62. The Morgan fingerprint density at radius 1 is 1.41 bits per heavy atom. The van der Waals surface area contributed by atoms with E-state index < -0.39 is 23.5 Å². The van der Waals surface area contributed by atoms with Crippen molar-refractivity contribution in [2.75, 3.05) is 0 Å². The number of aromatic nitrogens is 1. The van der Waals surface area contributed by atoms with Gasteiger partial charge in [0.25, 0.3) is 5.91 Å². The monoisotopic (exact) mass is 266 g/mol. The molecule has 1 atom stereocenters. The number of halogens is 3. The molecule has 1 amide bonds. The van der Waals surface area contributed by atoms with Crippen LogP contribution in [0.25, 0.3) is 0 Å². The van der Waals surface area contributed by atoms with Crippen molar-refractivity contribution in [2.45, 2.75) is 33.0 Å². The van der Waals surface area contributed by atoms with Crippen molar-refractivity contribution < 1.29 is 18.0 Å². The third kappa shape index (κ3) is 3.69. The molecule has 0 saturated heterocycles. The van der Waals surface area contributed by atoms with E-state index in [9.17, 15) is 18.0 Å². The van der Waals surface area contributed by atoms with Gasteiger partial charge in [-0.15, -0.1) is 11.3 Å². The van der Waals surface area contributed by atoms with E-state index in [2.05, 4.69) is 4.98 Å². The zero-order chi connectivity index (χ0) is 13.3. The van der Waals surface area contributed by atoms with E-state index in [0.29, 0.717) is 0 Å². The van der Waals surface area contributed by atoms with Crippen LogP contribution in [-0.2, 0) is 0 Å². The zero-order valence-electron chi connectivity index (χ0n) is 9.63. The molecule has 1 aromatic rings. The van der Waals surface area contributed by atoms with Gasteiger partial charge in [-0.1, -0.05) is 20.8 Å². The van der Waals surface area contributed by atoms with Crippen LogP contribution < -0.4 is 5.32 Å². The lowest BCUT2D eigenvalue weighted by atomic mass is 9.86. The molecule has 0 spiro atoms. The van der Waals surface area contributed by atoms with Crippen molar-refractivity contribution in [2.24, 2.45) is 5.41 Å². The first-order valence-electron chi connectivity index (χ1n) is 4.88. The first-order valence-corrected chi connectivity index (χ1v) is 5.82. The number of nitrogens with one attached hydrogen (secondary N) is 1. The van der Waals surface area contributed by atoms with Crippen LogP contribution in [-0.4, -0.2) is 23.1 Å². The Balaban J connectivity index is 2.85. The summed E-state index contributed by atoms with van der Waals surface area (Å²) < 4.78 is 38.4. The Labute approximate surface area is 101 Å². The third-order valence-electron chi connectivity index (χ3n) is 2.13. The molecule has 1 rings (SSSR count). The molecule has 0 bridgehead atoms. The molecule has 3 nitrogen and oxygen atoms in total. The number of rotatable bonds is 2. The van der Waals surface area contributed by atoms with Crippen molar-refractivity contribution in [3.8, 4) is 0 Å². The van der Waals surface area contributed by atoms with Gasteiger partial charge in [-0.05, 0) is 5.41 Å². The van der Waals surface area contributed by atoms with Gasteiger partial charge in [0.15, 0.2) is 0 Å². The van der Waals surface area contributed by atoms with Crippen LogP contribution in [0.5, 0.6) is 0 Å². The standard InChI is InChI=1S/C10H13F3N2OS/c1-9(2,3)8(10(11,12)13)15-7(16)6-4-17-5-14-6/h4-5,8H,1-3H3,(H,15,16). The van der Waals surface area contributed by atoms with Crippen LogP contribution in [0, 0.1) is 5.41 Å². The molecule has 0 saturated carbocycles. The highest BCUT2D eigenvalue weighted by atomic mass is 32.1. The molecule has 1 unspecified atom stereocenters. The summed E-state index contributed by atoms with van der Waals surface area (Å²) in [6, 6.07) is -1.90. The van der Waals surface area contributed by atoms with Gasteiger partial charge in [-0.25, -0.2) is 4.98 Å². The Hall–Kier alpha value is -1.11. The van der Waals surface area contributed by atoms with E-state index in [0.717, 1.165) is 11.3 Å². The molecule has 0 fully saturated rings. The molecule has 0 aliphatic heterocycles. The average Bonchev–Trinajstić information content (AvgIpc) is 2.62. The zero-order valence-corrected chi connectivity index (χ0v) is 10.4. The lowest BCUT2D eigenvalue weighted by molar-refractivity contribution is -0.174. The molecule has 0 aromatic carbocycles. The molecule has 0 radical (unpaired) electrons. The van der Waals surface area contributed by atoms with Gasteiger partial charge in [0.1, 0.15) is 11.7 Å². The van der Waals surface area contributed by atoms with Crippen molar-refractivity contribution in [3.05, 3.63) is 16.6 Å². The molecule has 17 heavy (non-hydrogen) atoms. The van der Waals surface area contributed by atoms with Crippen molar-refractivity contribution in [3.63, 3.8) is 0 Å². The summed E-state index contributed by atoms with van der Waals surface area (Å²) >= 11 is 1.16. The highest BCUT2D eigenvalue weighted by Crippen LogP contribution is 2.33. The van der Waals surface area contributed by atoms with Crippen molar-refractivity contribution in [1.29, 1.82) is 0 Å². The van der Waals surface area contributed by atoms with Gasteiger partial charge in [0, 0.05) is 5.38 Å². The number of hydrogen-bond acceptors (Lipinski definition) is 3. The average molecular weight is 266 g/mol. The Morgan fingerprint density at radius 2 is 2.00 bits per heavy atom. The maximum atomic E-state index is 12.8. The van der Waals surface area contributed by atoms with Crippen LogP contribution in [0.1, 0.15) is 31.3 Å². The fourth-order valence-electron chi connectivity index (χ4n) is 1.32. The van der Waals surface area contributed by atoms with E-state index >= 15 is 0 Å². The largest absolute Gasteiger partial charge is 0.409 e. The van der Waals surface area contributed by atoms with Crippen molar-refractivity contribution >= 4 is 17.2 Å². The second kappa shape index (κ2) is 4.64. The number of nitrogens with zero attached hydrogens (tertiary/aromatic N) is 1. The number of alkyl halides is 3. The number of carbonyl (C=O) groups excluding carboxylic acids is 1. The summed E-state index contributed by atoms with van der Waals surface area (Å²) in [5, 5.41) is 3.39. The third-order valence-corrected chi connectivity index (χ3v) is 2.72. The van der Waals surface area contributed by atoms with Crippen LogP contribution in [0.15, 0.2) is 10.9 Å². The molecular weight excluding hydrogens is 253 g/mol. The van der Waals surface area contributed by atoms with Crippen LogP contribution in [0.3, 0.4) is 0 Å². The summed E-state index contributed by atoms with van der Waals surface area (Å²) in [5.41, 5.74) is 0.298. The quantitative estimate of drug-likeness (QED) is 0.894. The minimum absolute atomic E-state index is 0.00787. The van der Waals surface area contributed by atoms with Gasteiger partial charge in [-0.3, -0.25) is 4.79 Å². The molecule has 1 aromatic heterocycles. The van der Waals surface area contributed by atoms with Gasteiger partial charge in [0.05, 0.1) is 5.51 Å². The van der Waals surface area contributed by atoms with Gasteiger partial charge in [0.2, 0.25) is 0 Å². The molecule has 96 valence electrons. The normalized spacial score (nSPS) is 14.5. The minimum Gasteiger partial charge on any atom is -0.338 e. The van der Waals surface area contributed by atoms with Gasteiger partial charge in [-0.2, -0.15) is 13.2 Å². The van der Waals surface area contributed by atoms with E-state index in [1.807, 2.05) is 5.32 Å². The molecule has 0 aliphatic carbocycles. The minimum atomic E-state index is -4.48. The molecular formula is C10H13F3N2OS. The van der Waals surface area contributed by atoms with Crippen LogP contribution in [0.2, 0.25) is 0 Å². The summed E-state index contributed by atoms with van der Waals surface area (Å²) in [7, 11) is 0. The smallest absolute Gasteiger partial charge is 0.338 e. The molecule has 1 heterocycles. The fraction of sp³-hybridized carbons (Fsp3) is 0.600. The highest BCUT2D eigenvalue weighted by molar-refractivity contribution is 7.07. The Bertz CT molecular complexity index is 367. The Kier molecular flexibility index (Phi) is 3.81. The lowest BCUT2D eigenvalue weighted by Crippen LogP contribution is -2.53. The lowest BCUT2D eigenvalue weighted by Gasteiger charge is -2.32. The van der Waals surface area contributed by atoms with Gasteiger partial charge >= 0.3 is 6.18 Å². The highest BCUT2D eigenvalue weighted by Gasteiger charge is 2.47. The molecule has 7 heteroatoms. The van der Waals surface area contributed by atoms with E-state index in [-0.39, 0.29) is 5.69 Å². The van der Waals surface area contributed by atoms with Crippen LogP contribution in [0.4, 0.5) is 13.2 Å². The Morgan fingerprint density at radius 3 is 2.35 bits per heavy atom. The van der Waals surface area contributed by atoms with E-state index in [1.54, 1.807) is 0 Å². The second-order valence-electron chi connectivity index (χ2n) is 4.69. The summed E-state index contributed by atoms with van der Waals surface area (Å²) in [4.78, 5) is 15.2. The first kappa shape index (κ1) is 14.0. The second-order valence-corrected chi connectivity index (χ2v) is 5.41. The topological polar surface area (TPSA) is 42.0 Å². The number of hydrogen-bond donors (Lipinski definition) is 1. The number of carbonyl (C=O) groups is 1. The maximum Gasteiger partial charge on any atom is 0.409 e. The summed E-state index contributed by atoms with van der Waals surface area (Å²) in [6.45, 7) is 4.27.